The second kappa shape index (κ2) is 6.52. The lowest BCUT2D eigenvalue weighted by Gasteiger charge is -2.28. The van der Waals surface area contributed by atoms with Gasteiger partial charge in [0.25, 0.3) is 0 Å². The molecular formula is C13H22BrN5. The van der Waals surface area contributed by atoms with E-state index in [1.54, 1.807) is 6.20 Å². The largest absolute Gasteiger partial charge is 0.357 e. The number of nitrogens with one attached hydrogen (secondary N) is 1. The van der Waals surface area contributed by atoms with Gasteiger partial charge in [-0.05, 0) is 41.9 Å². The van der Waals surface area contributed by atoms with Crippen LogP contribution >= 0.6 is 15.9 Å². The first-order valence-electron chi connectivity index (χ1n) is 6.81. The van der Waals surface area contributed by atoms with Crippen molar-refractivity contribution in [2.24, 2.45) is 0 Å². The molecule has 1 aromatic heterocycles. The summed E-state index contributed by atoms with van der Waals surface area (Å²) in [5.74, 6) is 1.60. The molecule has 0 amide bonds. The Morgan fingerprint density at radius 3 is 3.05 bits per heavy atom. The minimum absolute atomic E-state index is 0.634. The van der Waals surface area contributed by atoms with Crippen LogP contribution in [0.5, 0.6) is 0 Å². The highest BCUT2D eigenvalue weighted by Crippen LogP contribution is 2.25. The van der Waals surface area contributed by atoms with Crippen LogP contribution in [0.25, 0.3) is 0 Å². The van der Waals surface area contributed by atoms with Crippen LogP contribution in [0.4, 0.5) is 11.8 Å². The summed E-state index contributed by atoms with van der Waals surface area (Å²) in [5, 5.41) is 2.98. The number of hydrogen-bond acceptors (Lipinski definition) is 5. The van der Waals surface area contributed by atoms with E-state index in [2.05, 4.69) is 55.0 Å². The summed E-state index contributed by atoms with van der Waals surface area (Å²) in [6, 6.07) is 0.634. The molecule has 0 aromatic carbocycles. The highest BCUT2D eigenvalue weighted by Gasteiger charge is 2.25. The van der Waals surface area contributed by atoms with Crippen molar-refractivity contribution in [3.8, 4) is 0 Å². The van der Waals surface area contributed by atoms with E-state index in [1.165, 1.54) is 19.4 Å². The van der Waals surface area contributed by atoms with E-state index < -0.39 is 0 Å². The molecule has 1 aromatic rings. The molecule has 106 valence electrons. The summed E-state index contributed by atoms with van der Waals surface area (Å²) in [6.45, 7) is 5.59. The number of nitrogens with zero attached hydrogens (tertiary/aromatic N) is 4. The van der Waals surface area contributed by atoms with Gasteiger partial charge in [-0.1, -0.05) is 6.92 Å². The molecule has 0 saturated carbocycles. The Morgan fingerprint density at radius 2 is 2.37 bits per heavy atom. The van der Waals surface area contributed by atoms with Gasteiger partial charge in [-0.15, -0.1) is 0 Å². The van der Waals surface area contributed by atoms with Gasteiger partial charge in [0.15, 0.2) is 0 Å². The molecule has 6 heteroatoms. The predicted molar refractivity (Wildman–Crippen MR) is 82.8 cm³/mol. The van der Waals surface area contributed by atoms with Gasteiger partial charge in [-0.25, -0.2) is 4.98 Å². The van der Waals surface area contributed by atoms with Gasteiger partial charge in [0.1, 0.15) is 5.82 Å². The van der Waals surface area contributed by atoms with Gasteiger partial charge in [-0.2, -0.15) is 4.98 Å². The van der Waals surface area contributed by atoms with Crippen LogP contribution in [-0.2, 0) is 0 Å². The number of anilines is 2. The van der Waals surface area contributed by atoms with Crippen LogP contribution in [0.15, 0.2) is 10.7 Å². The number of aromatic nitrogens is 2. The number of rotatable bonds is 5. The maximum Gasteiger partial charge on any atom is 0.224 e. The van der Waals surface area contributed by atoms with Crippen molar-refractivity contribution in [2.45, 2.75) is 25.8 Å². The van der Waals surface area contributed by atoms with Gasteiger partial charge in [-0.3, -0.25) is 4.90 Å². The van der Waals surface area contributed by atoms with Gasteiger partial charge in [0.2, 0.25) is 5.95 Å². The maximum atomic E-state index is 4.52. The molecule has 1 fully saturated rings. The van der Waals surface area contributed by atoms with E-state index in [9.17, 15) is 0 Å². The average molecular weight is 328 g/mol. The van der Waals surface area contributed by atoms with E-state index >= 15 is 0 Å². The van der Waals surface area contributed by atoms with Crippen LogP contribution in [0.3, 0.4) is 0 Å². The monoisotopic (exact) mass is 327 g/mol. The molecule has 1 aliphatic rings. The zero-order valence-electron chi connectivity index (χ0n) is 11.9. The van der Waals surface area contributed by atoms with Crippen molar-refractivity contribution in [2.75, 3.05) is 43.9 Å². The number of likely N-dealkylation sites (N-methyl/N-ethyl adjacent to an activating group) is 2. The van der Waals surface area contributed by atoms with Crippen LogP contribution < -0.4 is 10.2 Å². The number of hydrogen-bond donors (Lipinski definition) is 1. The smallest absolute Gasteiger partial charge is 0.224 e. The van der Waals surface area contributed by atoms with Gasteiger partial charge >= 0.3 is 0 Å². The van der Waals surface area contributed by atoms with E-state index in [0.29, 0.717) is 12.0 Å². The third kappa shape index (κ3) is 3.36. The Hall–Kier alpha value is -0.880. The molecule has 0 bridgehead atoms. The van der Waals surface area contributed by atoms with Crippen molar-refractivity contribution in [1.82, 2.24) is 14.9 Å². The first-order chi connectivity index (χ1) is 9.15. The molecule has 0 aliphatic carbocycles. The fourth-order valence-electron chi connectivity index (χ4n) is 2.67. The first kappa shape index (κ1) is 14.5. The number of halogens is 1. The Kier molecular flexibility index (Phi) is 4.99. The molecule has 1 unspecified atom stereocenters. The zero-order chi connectivity index (χ0) is 13.8. The van der Waals surface area contributed by atoms with Crippen LogP contribution in [0, 0.1) is 0 Å². The molecule has 19 heavy (non-hydrogen) atoms. The average Bonchev–Trinajstić information content (AvgIpc) is 2.86. The lowest BCUT2D eigenvalue weighted by atomic mass is 10.2. The summed E-state index contributed by atoms with van der Waals surface area (Å²) in [5.41, 5.74) is 0. The van der Waals surface area contributed by atoms with Crippen LogP contribution in [-0.4, -0.2) is 54.6 Å². The van der Waals surface area contributed by atoms with Crippen LogP contribution in [0.2, 0.25) is 0 Å². The fourth-order valence-corrected chi connectivity index (χ4v) is 3.16. The minimum atomic E-state index is 0.634. The molecule has 5 nitrogen and oxygen atoms in total. The normalized spacial score (nSPS) is 19.7. The molecule has 2 heterocycles. The molecular weight excluding hydrogens is 306 g/mol. The summed E-state index contributed by atoms with van der Waals surface area (Å²) < 4.78 is 0.940. The molecule has 1 saturated heterocycles. The summed E-state index contributed by atoms with van der Waals surface area (Å²) in [7, 11) is 3.93. The van der Waals surface area contributed by atoms with Gasteiger partial charge < -0.3 is 10.2 Å². The minimum Gasteiger partial charge on any atom is -0.357 e. The van der Waals surface area contributed by atoms with Crippen molar-refractivity contribution >= 4 is 27.7 Å². The third-order valence-electron chi connectivity index (χ3n) is 3.70. The lowest BCUT2D eigenvalue weighted by Crippen LogP contribution is -2.39. The van der Waals surface area contributed by atoms with Crippen LogP contribution in [0.1, 0.15) is 19.8 Å². The Labute approximate surface area is 123 Å². The summed E-state index contributed by atoms with van der Waals surface area (Å²) in [4.78, 5) is 13.5. The molecule has 1 aliphatic heterocycles. The summed E-state index contributed by atoms with van der Waals surface area (Å²) >= 11 is 3.53. The second-order valence-electron chi connectivity index (χ2n) is 4.92. The SMILES string of the molecule is CCN1CCCC1CN(C)c1nc(NC)ncc1Br. The highest BCUT2D eigenvalue weighted by molar-refractivity contribution is 9.10. The van der Waals surface area contributed by atoms with Crippen molar-refractivity contribution in [3.63, 3.8) is 0 Å². The Balaban J connectivity index is 2.08. The van der Waals surface area contributed by atoms with E-state index in [4.69, 9.17) is 0 Å². The summed E-state index contributed by atoms with van der Waals surface area (Å²) in [6.07, 6.45) is 4.38. The van der Waals surface area contributed by atoms with E-state index in [-0.39, 0.29) is 0 Å². The molecule has 0 radical (unpaired) electrons. The quantitative estimate of drug-likeness (QED) is 0.898. The third-order valence-corrected chi connectivity index (χ3v) is 4.26. The van der Waals surface area contributed by atoms with Crippen molar-refractivity contribution in [3.05, 3.63) is 10.7 Å². The Morgan fingerprint density at radius 1 is 1.58 bits per heavy atom. The standard InChI is InChI=1S/C13H22BrN5/c1-4-19-7-5-6-10(19)9-18(3)12-11(14)8-16-13(15-2)17-12/h8,10H,4-7,9H2,1-3H3,(H,15,16,17). The second-order valence-corrected chi connectivity index (χ2v) is 5.77. The topological polar surface area (TPSA) is 44.3 Å². The zero-order valence-corrected chi connectivity index (χ0v) is 13.4. The molecule has 0 spiro atoms. The predicted octanol–water partition coefficient (Wildman–Crippen LogP) is 2.20. The molecule has 1 N–H and O–H groups in total. The van der Waals surface area contributed by atoms with Crippen molar-refractivity contribution in [1.29, 1.82) is 0 Å². The fraction of sp³-hybridized carbons (Fsp3) is 0.692. The molecule has 1 atom stereocenters. The maximum absolute atomic E-state index is 4.52. The highest BCUT2D eigenvalue weighted by atomic mass is 79.9. The number of likely N-dealkylation sites (tertiary alicyclic amines) is 1. The first-order valence-corrected chi connectivity index (χ1v) is 7.60. The lowest BCUT2D eigenvalue weighted by molar-refractivity contribution is 0.270. The molecule has 2 rings (SSSR count). The van der Waals surface area contributed by atoms with Gasteiger partial charge in [0.05, 0.1) is 4.47 Å². The van der Waals surface area contributed by atoms with E-state index in [0.717, 1.165) is 23.4 Å². The van der Waals surface area contributed by atoms with Crippen molar-refractivity contribution < 1.29 is 0 Å². The van der Waals surface area contributed by atoms with Gasteiger partial charge in [0, 0.05) is 32.9 Å². The Bertz CT molecular complexity index is 425. The van der Waals surface area contributed by atoms with E-state index in [1.807, 2.05) is 7.05 Å².